The first-order valence-corrected chi connectivity index (χ1v) is 24.5. The molecule has 1 fully saturated rings. The van der Waals surface area contributed by atoms with E-state index in [1.54, 1.807) is 6.08 Å². The predicted octanol–water partition coefficient (Wildman–Crippen LogP) is 9.29. The number of ether oxygens (including phenoxy) is 2. The van der Waals surface area contributed by atoms with E-state index >= 15 is 0 Å². The number of aliphatic hydroxyl groups excluding tert-OH is 3. The SMILES string of the molecule is CCCCCCCC/C=C\CCCCCCCC(=O)OCC(COP(=O)(O)OCC[N+](C)(C)C)OC(=O)CCC/C=C\CC1C(O)CC(O)C1/C=C/C(O)CCCCC. The van der Waals surface area contributed by atoms with Crippen LogP contribution in [0.5, 0.6) is 0 Å². The second kappa shape index (κ2) is 33.7. The molecule has 1 saturated carbocycles. The lowest BCUT2D eigenvalue weighted by Crippen LogP contribution is -2.37. The first-order chi connectivity index (χ1) is 28.2. The summed E-state index contributed by atoms with van der Waals surface area (Å²) in [5.41, 5.74) is 0. The van der Waals surface area contributed by atoms with Crippen LogP contribution in [-0.4, -0.2) is 109 Å². The Balaban J connectivity index is 2.51. The van der Waals surface area contributed by atoms with E-state index in [1.807, 2.05) is 39.4 Å². The molecule has 7 atom stereocenters. The Morgan fingerprint density at radius 3 is 1.97 bits per heavy atom. The van der Waals surface area contributed by atoms with E-state index in [9.17, 15) is 34.4 Å². The van der Waals surface area contributed by atoms with Gasteiger partial charge in [0.1, 0.15) is 19.8 Å². The van der Waals surface area contributed by atoms with Gasteiger partial charge < -0.3 is 34.2 Å². The second-order valence-electron chi connectivity index (χ2n) is 17.4. The van der Waals surface area contributed by atoms with Crippen LogP contribution in [0.15, 0.2) is 36.5 Å². The number of unbranched alkanes of at least 4 members (excludes halogenated alkanes) is 14. The first kappa shape index (κ1) is 55.1. The molecule has 12 nitrogen and oxygen atoms in total. The molecule has 1 aliphatic carbocycles. The van der Waals surface area contributed by atoms with Gasteiger partial charge in [-0.15, -0.1) is 0 Å². The summed E-state index contributed by atoms with van der Waals surface area (Å²) in [6.07, 6.45) is 30.0. The molecule has 0 bridgehead atoms. The fraction of sp³-hybridized carbons (Fsp3) is 0.826. The average Bonchev–Trinajstić information content (AvgIpc) is 3.44. The van der Waals surface area contributed by atoms with Gasteiger partial charge in [0.05, 0.1) is 46.1 Å². The minimum atomic E-state index is -4.45. The molecular weight excluding hydrogens is 773 g/mol. The van der Waals surface area contributed by atoms with Gasteiger partial charge in [-0.05, 0) is 63.7 Å². The third kappa shape index (κ3) is 30.7. The van der Waals surface area contributed by atoms with Gasteiger partial charge in [0, 0.05) is 25.2 Å². The molecular formula is C46H85NO11P+. The van der Waals surface area contributed by atoms with Crippen LogP contribution in [0.1, 0.15) is 162 Å². The lowest BCUT2D eigenvalue weighted by atomic mass is 9.89. The minimum absolute atomic E-state index is 0.0138. The molecule has 344 valence electrons. The number of likely N-dealkylation sites (N-methyl/N-ethyl adjacent to an activating group) is 1. The third-order valence-corrected chi connectivity index (χ3v) is 11.7. The van der Waals surface area contributed by atoms with E-state index in [-0.39, 0.29) is 44.3 Å². The Kier molecular flexibility index (Phi) is 31.5. The number of rotatable bonds is 37. The molecule has 7 unspecified atom stereocenters. The summed E-state index contributed by atoms with van der Waals surface area (Å²) in [6.45, 7) is 4.02. The van der Waals surface area contributed by atoms with Crippen molar-refractivity contribution in [2.24, 2.45) is 11.8 Å². The number of carbonyl (C=O) groups excluding carboxylic acids is 2. The van der Waals surface area contributed by atoms with Gasteiger partial charge >= 0.3 is 19.8 Å². The molecule has 1 rings (SSSR count). The summed E-state index contributed by atoms with van der Waals surface area (Å²) in [7, 11) is 1.32. The molecule has 59 heavy (non-hydrogen) atoms. The van der Waals surface area contributed by atoms with Crippen LogP contribution in [0.3, 0.4) is 0 Å². The number of nitrogens with zero attached hydrogens (tertiary/aromatic N) is 1. The molecule has 13 heteroatoms. The Labute approximate surface area is 358 Å². The van der Waals surface area contributed by atoms with Crippen molar-refractivity contribution in [2.45, 2.75) is 186 Å². The van der Waals surface area contributed by atoms with Gasteiger partial charge in [-0.3, -0.25) is 18.6 Å². The highest BCUT2D eigenvalue weighted by molar-refractivity contribution is 7.47. The number of phosphoric ester groups is 1. The molecule has 0 heterocycles. The fourth-order valence-corrected chi connectivity index (χ4v) is 7.74. The maximum absolute atomic E-state index is 12.8. The Morgan fingerprint density at radius 2 is 1.31 bits per heavy atom. The lowest BCUT2D eigenvalue weighted by molar-refractivity contribution is -0.870. The van der Waals surface area contributed by atoms with Crippen molar-refractivity contribution < 1.29 is 57.4 Å². The minimum Gasteiger partial charge on any atom is -0.462 e. The van der Waals surface area contributed by atoms with Crippen molar-refractivity contribution in [3.05, 3.63) is 36.5 Å². The van der Waals surface area contributed by atoms with Gasteiger partial charge in [0.2, 0.25) is 0 Å². The van der Waals surface area contributed by atoms with E-state index in [1.165, 1.54) is 38.5 Å². The highest BCUT2D eigenvalue weighted by atomic mass is 31.2. The maximum atomic E-state index is 12.8. The smallest absolute Gasteiger partial charge is 0.462 e. The van der Waals surface area contributed by atoms with Gasteiger partial charge in [0.15, 0.2) is 6.10 Å². The lowest BCUT2D eigenvalue weighted by Gasteiger charge is -2.24. The molecule has 0 radical (unpaired) electrons. The number of esters is 2. The van der Waals surface area contributed by atoms with E-state index < -0.39 is 50.8 Å². The van der Waals surface area contributed by atoms with E-state index in [4.69, 9.17) is 18.5 Å². The number of hydrogen-bond acceptors (Lipinski definition) is 10. The molecule has 0 aliphatic heterocycles. The maximum Gasteiger partial charge on any atom is 0.472 e. The van der Waals surface area contributed by atoms with Crippen LogP contribution in [0.2, 0.25) is 0 Å². The Bertz CT molecular complexity index is 1220. The number of hydrogen-bond donors (Lipinski definition) is 4. The number of carbonyl (C=O) groups is 2. The van der Waals surface area contributed by atoms with Crippen molar-refractivity contribution in [3.8, 4) is 0 Å². The Morgan fingerprint density at radius 1 is 0.729 bits per heavy atom. The van der Waals surface area contributed by atoms with Crippen molar-refractivity contribution in [1.29, 1.82) is 0 Å². The summed E-state index contributed by atoms with van der Waals surface area (Å²) >= 11 is 0. The van der Waals surface area contributed by atoms with Crippen LogP contribution in [0.25, 0.3) is 0 Å². The molecule has 0 aromatic carbocycles. The monoisotopic (exact) mass is 859 g/mol. The second-order valence-corrected chi connectivity index (χ2v) is 18.9. The zero-order valence-corrected chi connectivity index (χ0v) is 38.5. The Hall–Kier alpha value is -1.89. The van der Waals surface area contributed by atoms with Gasteiger partial charge in [0.25, 0.3) is 0 Å². The quantitative estimate of drug-likeness (QED) is 0.0154. The van der Waals surface area contributed by atoms with Crippen LogP contribution >= 0.6 is 7.82 Å². The van der Waals surface area contributed by atoms with Crippen molar-refractivity contribution in [3.63, 3.8) is 0 Å². The standard InChI is InChI=1S/C46H84NO11P/c1-6-8-10-11-12-13-14-15-16-17-18-19-20-21-26-30-45(51)55-37-40(38-57-59(53,54)56-35-34-47(3,4)5)58-46(52)31-27-23-22-25-29-41-42(44(50)36-43(41)49)33-32-39(48)28-24-9-7-2/h15-16,22,25,32-33,39-44,48-50H,6-14,17-21,23-24,26-31,34-38H2,1-5H3/p+1/b16-15-,25-22-,33-32+. The predicted molar refractivity (Wildman–Crippen MR) is 235 cm³/mol. The fourth-order valence-electron chi connectivity index (χ4n) is 7.00. The molecule has 0 aromatic rings. The first-order valence-electron chi connectivity index (χ1n) is 23.0. The molecule has 0 amide bonds. The summed E-state index contributed by atoms with van der Waals surface area (Å²) in [4.78, 5) is 35.6. The molecule has 0 saturated heterocycles. The summed E-state index contributed by atoms with van der Waals surface area (Å²) in [5.74, 6) is -1.42. The van der Waals surface area contributed by atoms with E-state index in [2.05, 4.69) is 26.0 Å². The normalized spacial score (nSPS) is 20.8. The molecule has 0 spiro atoms. The number of quaternary nitrogens is 1. The van der Waals surface area contributed by atoms with Gasteiger partial charge in [-0.1, -0.05) is 121 Å². The van der Waals surface area contributed by atoms with Crippen molar-refractivity contribution >= 4 is 19.8 Å². The zero-order valence-electron chi connectivity index (χ0n) is 37.6. The third-order valence-electron chi connectivity index (χ3n) is 10.7. The van der Waals surface area contributed by atoms with Crippen LogP contribution in [0.4, 0.5) is 0 Å². The van der Waals surface area contributed by atoms with E-state index in [0.717, 1.165) is 57.8 Å². The zero-order chi connectivity index (χ0) is 43.8. The topological polar surface area (TPSA) is 169 Å². The van der Waals surface area contributed by atoms with Crippen molar-refractivity contribution in [2.75, 3.05) is 47.5 Å². The number of allylic oxidation sites excluding steroid dienone is 4. The van der Waals surface area contributed by atoms with Crippen LogP contribution < -0.4 is 0 Å². The molecule has 1 aliphatic rings. The van der Waals surface area contributed by atoms with Crippen molar-refractivity contribution in [1.82, 2.24) is 0 Å². The summed E-state index contributed by atoms with van der Waals surface area (Å²) in [5, 5.41) is 31.4. The summed E-state index contributed by atoms with van der Waals surface area (Å²) in [6, 6.07) is 0. The summed E-state index contributed by atoms with van der Waals surface area (Å²) < 4.78 is 34.3. The largest absolute Gasteiger partial charge is 0.472 e. The average molecular weight is 859 g/mol. The van der Waals surface area contributed by atoms with Crippen LogP contribution in [-0.2, 0) is 32.7 Å². The van der Waals surface area contributed by atoms with Gasteiger partial charge in [-0.25, -0.2) is 4.57 Å². The molecule has 0 aromatic heterocycles. The number of aliphatic hydroxyl groups is 3. The van der Waals surface area contributed by atoms with Gasteiger partial charge in [-0.2, -0.15) is 0 Å². The highest BCUT2D eigenvalue weighted by Gasteiger charge is 2.39. The number of phosphoric acid groups is 1. The van der Waals surface area contributed by atoms with E-state index in [0.29, 0.717) is 43.1 Å². The highest BCUT2D eigenvalue weighted by Crippen LogP contribution is 2.43. The van der Waals surface area contributed by atoms with Crippen LogP contribution in [0, 0.1) is 11.8 Å². The molecule has 4 N–H and O–H groups in total.